The molecule has 0 spiro atoms. The molecule has 0 aromatic heterocycles. The fourth-order valence-electron chi connectivity index (χ4n) is 2.81. The minimum atomic E-state index is -3.73. The second-order valence-electron chi connectivity index (χ2n) is 6.24. The number of hydrogen-bond acceptors (Lipinski definition) is 4. The van der Waals surface area contributed by atoms with Crippen LogP contribution in [0.1, 0.15) is 17.3 Å². The Labute approximate surface area is 158 Å². The zero-order valence-electron chi connectivity index (χ0n) is 14.3. The lowest BCUT2D eigenvalue weighted by Crippen LogP contribution is -2.51. The first-order chi connectivity index (χ1) is 12.3. The standard InChI is InChI=1S/C18H20ClN3O3S/c1-13-12-22(11-10-20-13)18(23)14-2-8-17(9-3-14)26(24,25)21-16-6-4-15(19)5-7-16/h2-9,13,20-21H,10-12H2,1H3. The highest BCUT2D eigenvalue weighted by atomic mass is 35.5. The average molecular weight is 394 g/mol. The molecule has 26 heavy (non-hydrogen) atoms. The lowest BCUT2D eigenvalue weighted by Gasteiger charge is -2.32. The number of carbonyl (C=O) groups is 1. The van der Waals surface area contributed by atoms with Gasteiger partial charge in [-0.25, -0.2) is 8.42 Å². The SMILES string of the molecule is CC1CN(C(=O)c2ccc(S(=O)(=O)Nc3ccc(Cl)cc3)cc2)CCN1. The summed E-state index contributed by atoms with van der Waals surface area (Å²) < 4.78 is 27.4. The predicted molar refractivity (Wildman–Crippen MR) is 102 cm³/mol. The molecule has 2 N–H and O–H groups in total. The van der Waals surface area contributed by atoms with Crippen molar-refractivity contribution in [1.82, 2.24) is 10.2 Å². The molecule has 1 amide bonds. The van der Waals surface area contributed by atoms with Crippen molar-refractivity contribution in [3.8, 4) is 0 Å². The first-order valence-corrected chi connectivity index (χ1v) is 10.1. The lowest BCUT2D eigenvalue weighted by atomic mass is 10.1. The van der Waals surface area contributed by atoms with Crippen molar-refractivity contribution < 1.29 is 13.2 Å². The van der Waals surface area contributed by atoms with Crippen LogP contribution in [0.15, 0.2) is 53.4 Å². The second kappa shape index (κ2) is 7.65. The Kier molecular flexibility index (Phi) is 5.50. The fraction of sp³-hybridized carbons (Fsp3) is 0.278. The van der Waals surface area contributed by atoms with Gasteiger partial charge in [-0.1, -0.05) is 11.6 Å². The molecule has 1 saturated heterocycles. The van der Waals surface area contributed by atoms with E-state index in [0.29, 0.717) is 29.4 Å². The third-order valence-electron chi connectivity index (χ3n) is 4.16. The first kappa shape index (κ1) is 18.7. The van der Waals surface area contributed by atoms with E-state index in [4.69, 9.17) is 11.6 Å². The number of nitrogens with zero attached hydrogens (tertiary/aromatic N) is 1. The van der Waals surface area contributed by atoms with Crippen molar-refractivity contribution in [2.75, 3.05) is 24.4 Å². The lowest BCUT2D eigenvalue weighted by molar-refractivity contribution is 0.0709. The zero-order valence-corrected chi connectivity index (χ0v) is 15.8. The minimum Gasteiger partial charge on any atom is -0.336 e. The minimum absolute atomic E-state index is 0.0899. The number of anilines is 1. The van der Waals surface area contributed by atoms with Crippen molar-refractivity contribution >= 4 is 33.2 Å². The van der Waals surface area contributed by atoms with Gasteiger partial charge in [0, 0.05) is 41.9 Å². The molecule has 0 radical (unpaired) electrons. The van der Waals surface area contributed by atoms with E-state index in [1.807, 2.05) is 6.92 Å². The third kappa shape index (κ3) is 4.35. The molecule has 1 atom stereocenters. The van der Waals surface area contributed by atoms with E-state index in [9.17, 15) is 13.2 Å². The van der Waals surface area contributed by atoms with Crippen LogP contribution < -0.4 is 10.0 Å². The van der Waals surface area contributed by atoms with Gasteiger partial charge >= 0.3 is 0 Å². The van der Waals surface area contributed by atoms with Gasteiger partial charge in [-0.15, -0.1) is 0 Å². The Morgan fingerprint density at radius 3 is 2.42 bits per heavy atom. The molecule has 1 aliphatic rings. The van der Waals surface area contributed by atoms with Crippen molar-refractivity contribution in [1.29, 1.82) is 0 Å². The van der Waals surface area contributed by atoms with Crippen LogP contribution in [0.5, 0.6) is 0 Å². The topological polar surface area (TPSA) is 78.5 Å². The molecule has 0 bridgehead atoms. The molecular weight excluding hydrogens is 374 g/mol. The number of amides is 1. The Morgan fingerprint density at radius 1 is 1.15 bits per heavy atom. The van der Waals surface area contributed by atoms with Gasteiger partial charge in [0.05, 0.1) is 4.90 Å². The molecule has 0 saturated carbocycles. The molecular formula is C18H20ClN3O3S. The Hall–Kier alpha value is -2.09. The second-order valence-corrected chi connectivity index (χ2v) is 8.36. The smallest absolute Gasteiger partial charge is 0.261 e. The Bertz CT molecular complexity index is 883. The molecule has 8 heteroatoms. The van der Waals surface area contributed by atoms with Crippen molar-refractivity contribution in [3.63, 3.8) is 0 Å². The molecule has 1 unspecified atom stereocenters. The fourth-order valence-corrected chi connectivity index (χ4v) is 3.99. The summed E-state index contributed by atoms with van der Waals surface area (Å²) in [5.41, 5.74) is 0.897. The summed E-state index contributed by atoms with van der Waals surface area (Å²) >= 11 is 5.80. The molecule has 2 aromatic carbocycles. The number of sulfonamides is 1. The molecule has 6 nitrogen and oxygen atoms in total. The summed E-state index contributed by atoms with van der Waals surface area (Å²) in [5.74, 6) is -0.0899. The highest BCUT2D eigenvalue weighted by molar-refractivity contribution is 7.92. The van der Waals surface area contributed by atoms with E-state index in [1.165, 1.54) is 12.1 Å². The summed E-state index contributed by atoms with van der Waals surface area (Å²) in [7, 11) is -3.73. The maximum atomic E-state index is 12.5. The van der Waals surface area contributed by atoms with Crippen LogP contribution in [-0.4, -0.2) is 44.9 Å². The quantitative estimate of drug-likeness (QED) is 0.836. The Balaban J connectivity index is 1.73. The summed E-state index contributed by atoms with van der Waals surface area (Å²) in [6.07, 6.45) is 0. The third-order valence-corrected chi connectivity index (χ3v) is 5.81. The summed E-state index contributed by atoms with van der Waals surface area (Å²) in [4.78, 5) is 14.4. The van der Waals surface area contributed by atoms with Gasteiger partial charge in [0.15, 0.2) is 0 Å². The average Bonchev–Trinajstić information content (AvgIpc) is 2.63. The van der Waals surface area contributed by atoms with Gasteiger partial charge in [-0.05, 0) is 55.5 Å². The molecule has 138 valence electrons. The van der Waals surface area contributed by atoms with E-state index in [0.717, 1.165) is 6.54 Å². The largest absolute Gasteiger partial charge is 0.336 e. The summed E-state index contributed by atoms with van der Waals surface area (Å²) in [6, 6.07) is 12.6. The van der Waals surface area contributed by atoms with Gasteiger partial charge in [0.2, 0.25) is 0 Å². The van der Waals surface area contributed by atoms with E-state index < -0.39 is 10.0 Å². The maximum Gasteiger partial charge on any atom is 0.261 e. The molecule has 2 aromatic rings. The van der Waals surface area contributed by atoms with Gasteiger partial charge < -0.3 is 10.2 Å². The maximum absolute atomic E-state index is 12.5. The molecule has 3 rings (SSSR count). The van der Waals surface area contributed by atoms with Gasteiger partial charge in [0.25, 0.3) is 15.9 Å². The van der Waals surface area contributed by atoms with E-state index in [2.05, 4.69) is 10.0 Å². The number of nitrogens with one attached hydrogen (secondary N) is 2. The molecule has 1 aliphatic heterocycles. The van der Waals surface area contributed by atoms with Crippen molar-refractivity contribution in [3.05, 3.63) is 59.1 Å². The van der Waals surface area contributed by atoms with E-state index in [-0.39, 0.29) is 16.8 Å². The zero-order chi connectivity index (χ0) is 18.7. The normalized spacial score (nSPS) is 17.8. The van der Waals surface area contributed by atoms with Crippen LogP contribution in [0.25, 0.3) is 0 Å². The molecule has 0 aliphatic carbocycles. The number of hydrogen-bond donors (Lipinski definition) is 2. The first-order valence-electron chi connectivity index (χ1n) is 8.26. The van der Waals surface area contributed by atoms with Gasteiger partial charge in [-0.2, -0.15) is 0 Å². The number of piperazine rings is 1. The Morgan fingerprint density at radius 2 is 1.81 bits per heavy atom. The number of rotatable bonds is 4. The summed E-state index contributed by atoms with van der Waals surface area (Å²) in [5, 5.41) is 3.81. The number of carbonyl (C=O) groups excluding carboxylic acids is 1. The van der Waals surface area contributed by atoms with Crippen LogP contribution >= 0.6 is 11.6 Å². The summed E-state index contributed by atoms with van der Waals surface area (Å²) in [6.45, 7) is 4.06. The monoisotopic (exact) mass is 393 g/mol. The van der Waals surface area contributed by atoms with Crippen LogP contribution in [0, 0.1) is 0 Å². The molecule has 1 fully saturated rings. The van der Waals surface area contributed by atoms with Crippen LogP contribution in [0.3, 0.4) is 0 Å². The van der Waals surface area contributed by atoms with Crippen LogP contribution in [0.2, 0.25) is 5.02 Å². The number of halogens is 1. The van der Waals surface area contributed by atoms with E-state index >= 15 is 0 Å². The van der Waals surface area contributed by atoms with Crippen LogP contribution in [-0.2, 0) is 10.0 Å². The van der Waals surface area contributed by atoms with Crippen LogP contribution in [0.4, 0.5) is 5.69 Å². The van der Waals surface area contributed by atoms with Gasteiger partial charge in [-0.3, -0.25) is 9.52 Å². The van der Waals surface area contributed by atoms with E-state index in [1.54, 1.807) is 41.3 Å². The predicted octanol–water partition coefficient (Wildman–Crippen LogP) is 2.57. The highest BCUT2D eigenvalue weighted by Gasteiger charge is 2.22. The van der Waals surface area contributed by atoms with Crippen molar-refractivity contribution in [2.45, 2.75) is 17.9 Å². The highest BCUT2D eigenvalue weighted by Crippen LogP contribution is 2.19. The number of benzene rings is 2. The van der Waals surface area contributed by atoms with Crippen molar-refractivity contribution in [2.24, 2.45) is 0 Å². The molecule has 1 heterocycles. The van der Waals surface area contributed by atoms with Gasteiger partial charge in [0.1, 0.15) is 0 Å².